The summed E-state index contributed by atoms with van der Waals surface area (Å²) in [6.07, 6.45) is 1.27. The average Bonchev–Trinajstić information content (AvgIpc) is 3.56. The Morgan fingerprint density at radius 2 is 1.38 bits per heavy atom. The number of carboxylic acids is 1. The van der Waals surface area contributed by atoms with Gasteiger partial charge in [0.05, 0.1) is 6.04 Å². The number of nitrogens with one attached hydrogen (secondary N) is 3. The second-order valence-electron chi connectivity index (χ2n) is 11.9. The van der Waals surface area contributed by atoms with E-state index in [1.165, 1.54) is 4.90 Å². The molecule has 1 aromatic carbocycles. The molecule has 0 saturated carbocycles. The van der Waals surface area contributed by atoms with Gasteiger partial charge in [-0.1, -0.05) is 30.3 Å². The standard InChI is InChI=1S/C31H50N12O7/c32-19(12-13-24(33)44)25(45)40-20(9-4-14-38-30(34)35)26(46)42-22(17-18-7-2-1-3-8-18)28(48)43-16-6-11-23(43)27(47)41-21(29(49)50)10-5-15-39-31(36)37/h1-3,7-8,19-23H,4-6,9-17,32H2,(H2,33,44)(H,40,45)(H,41,47)(H,42,46)(H,49,50)(H4,34,35,38)(H4,36,37,39)/t19-,20-,21-,22-,23-/m0/s1. The number of rotatable bonds is 21. The Kier molecular flexibility index (Phi) is 16.9. The van der Waals surface area contributed by atoms with Gasteiger partial charge in [0.25, 0.3) is 0 Å². The molecule has 0 aromatic heterocycles. The summed E-state index contributed by atoms with van der Waals surface area (Å²) in [5, 5.41) is 17.6. The molecule has 2 rings (SSSR count). The van der Waals surface area contributed by atoms with Crippen LogP contribution in [0.3, 0.4) is 0 Å². The van der Waals surface area contributed by atoms with Gasteiger partial charge in [-0.2, -0.15) is 0 Å². The minimum absolute atomic E-state index is 0.0456. The van der Waals surface area contributed by atoms with E-state index in [1.54, 1.807) is 30.3 Å². The first-order chi connectivity index (χ1) is 23.7. The number of guanidine groups is 2. The first-order valence-electron chi connectivity index (χ1n) is 16.3. The summed E-state index contributed by atoms with van der Waals surface area (Å²) in [4.78, 5) is 86.2. The fourth-order valence-electron chi connectivity index (χ4n) is 5.33. The molecule has 1 aliphatic rings. The van der Waals surface area contributed by atoms with Gasteiger partial charge < -0.3 is 60.4 Å². The number of nitrogens with two attached hydrogens (primary N) is 6. The molecule has 0 aliphatic carbocycles. The molecule has 1 aliphatic heterocycles. The second kappa shape index (κ2) is 20.8. The van der Waals surface area contributed by atoms with Crippen molar-refractivity contribution in [1.29, 1.82) is 0 Å². The van der Waals surface area contributed by atoms with Gasteiger partial charge >= 0.3 is 5.97 Å². The van der Waals surface area contributed by atoms with E-state index in [2.05, 4.69) is 25.9 Å². The largest absolute Gasteiger partial charge is 0.480 e. The summed E-state index contributed by atoms with van der Waals surface area (Å²) in [7, 11) is 0. The zero-order valence-electron chi connectivity index (χ0n) is 28.0. The summed E-state index contributed by atoms with van der Waals surface area (Å²) >= 11 is 0. The van der Waals surface area contributed by atoms with E-state index in [0.29, 0.717) is 12.0 Å². The van der Waals surface area contributed by atoms with Gasteiger partial charge in [0.1, 0.15) is 24.2 Å². The van der Waals surface area contributed by atoms with Crippen molar-refractivity contribution in [3.8, 4) is 0 Å². The monoisotopic (exact) mass is 702 g/mol. The van der Waals surface area contributed by atoms with Crippen molar-refractivity contribution in [2.45, 2.75) is 88.0 Å². The quantitative estimate of drug-likeness (QED) is 0.0338. The number of aliphatic carboxylic acids is 1. The van der Waals surface area contributed by atoms with Crippen LogP contribution in [0, 0.1) is 0 Å². The number of benzene rings is 1. The van der Waals surface area contributed by atoms with Gasteiger partial charge in [-0.05, 0) is 50.5 Å². The fourth-order valence-corrected chi connectivity index (χ4v) is 5.33. The normalized spacial score (nSPS) is 16.2. The molecule has 0 bridgehead atoms. The molecule has 1 fully saturated rings. The lowest BCUT2D eigenvalue weighted by molar-refractivity contribution is -0.145. The lowest BCUT2D eigenvalue weighted by atomic mass is 10.0. The Morgan fingerprint density at radius 3 is 1.94 bits per heavy atom. The van der Waals surface area contributed by atoms with E-state index in [9.17, 15) is 33.9 Å². The van der Waals surface area contributed by atoms with Gasteiger partial charge in [0, 0.05) is 32.5 Å². The van der Waals surface area contributed by atoms with Crippen molar-refractivity contribution in [3.05, 3.63) is 35.9 Å². The number of likely N-dealkylation sites (tertiary alicyclic amines) is 1. The van der Waals surface area contributed by atoms with Crippen molar-refractivity contribution >= 4 is 47.4 Å². The number of primary amides is 1. The summed E-state index contributed by atoms with van der Waals surface area (Å²) in [6.45, 7) is 0.512. The highest BCUT2D eigenvalue weighted by Gasteiger charge is 2.39. The molecule has 1 saturated heterocycles. The minimum Gasteiger partial charge on any atom is -0.480 e. The fraction of sp³-hybridized carbons (Fsp3) is 0.548. The third kappa shape index (κ3) is 14.3. The van der Waals surface area contributed by atoms with Crippen LogP contribution in [0.5, 0.6) is 0 Å². The Labute approximate surface area is 290 Å². The summed E-state index contributed by atoms with van der Waals surface area (Å²) in [5.74, 6) is -4.81. The van der Waals surface area contributed by atoms with Crippen LogP contribution in [0.1, 0.15) is 56.9 Å². The van der Waals surface area contributed by atoms with Crippen molar-refractivity contribution in [3.63, 3.8) is 0 Å². The van der Waals surface area contributed by atoms with E-state index in [0.717, 1.165) is 0 Å². The van der Waals surface area contributed by atoms with Crippen LogP contribution >= 0.6 is 0 Å². The van der Waals surface area contributed by atoms with Gasteiger partial charge in [-0.15, -0.1) is 0 Å². The molecular weight excluding hydrogens is 652 g/mol. The van der Waals surface area contributed by atoms with Crippen molar-refractivity contribution in [1.82, 2.24) is 20.9 Å². The molecule has 0 unspecified atom stereocenters. The maximum Gasteiger partial charge on any atom is 0.326 e. The Balaban J connectivity index is 2.28. The number of carboxylic acid groups (broad SMARTS) is 1. The molecule has 19 heteroatoms. The molecule has 19 nitrogen and oxygen atoms in total. The molecule has 1 heterocycles. The zero-order valence-corrected chi connectivity index (χ0v) is 28.0. The number of aliphatic imine (C=N–C) groups is 2. The summed E-state index contributed by atoms with van der Waals surface area (Å²) in [5.41, 5.74) is 33.2. The van der Waals surface area contributed by atoms with E-state index in [4.69, 9.17) is 34.4 Å². The molecule has 50 heavy (non-hydrogen) atoms. The van der Waals surface area contributed by atoms with E-state index < -0.39 is 65.7 Å². The third-order valence-corrected chi connectivity index (χ3v) is 7.91. The van der Waals surface area contributed by atoms with Crippen molar-refractivity contribution in [2.24, 2.45) is 44.4 Å². The van der Waals surface area contributed by atoms with Crippen molar-refractivity contribution in [2.75, 3.05) is 19.6 Å². The Bertz CT molecular complexity index is 1380. The maximum atomic E-state index is 14.1. The highest BCUT2D eigenvalue weighted by atomic mass is 16.4. The number of carbonyl (C=O) groups excluding carboxylic acids is 5. The predicted molar refractivity (Wildman–Crippen MR) is 185 cm³/mol. The highest BCUT2D eigenvalue weighted by Crippen LogP contribution is 2.20. The minimum atomic E-state index is -1.25. The average molecular weight is 703 g/mol. The topological polar surface area (TPSA) is 343 Å². The number of carbonyl (C=O) groups is 6. The van der Waals surface area contributed by atoms with Crippen LogP contribution in [0.4, 0.5) is 0 Å². The number of hydrogen-bond acceptors (Lipinski definition) is 9. The van der Waals surface area contributed by atoms with Crippen LogP contribution in [0.2, 0.25) is 0 Å². The number of hydrogen-bond donors (Lipinski definition) is 10. The SMILES string of the molecule is NC(=O)CC[C@H](N)C(=O)N[C@@H](CCCN=C(N)N)C(=O)N[C@@H](Cc1ccccc1)C(=O)N1CCC[C@H]1C(=O)N[C@@H](CCCN=C(N)N)C(=O)O. The van der Waals surface area contributed by atoms with Crippen LogP contribution in [-0.4, -0.2) is 107 Å². The van der Waals surface area contributed by atoms with Crippen LogP contribution < -0.4 is 50.4 Å². The van der Waals surface area contributed by atoms with Gasteiger partial charge in [0.15, 0.2) is 11.9 Å². The first-order valence-corrected chi connectivity index (χ1v) is 16.3. The van der Waals surface area contributed by atoms with E-state index in [-0.39, 0.29) is 82.9 Å². The molecule has 276 valence electrons. The third-order valence-electron chi connectivity index (χ3n) is 7.91. The number of nitrogens with zero attached hydrogens (tertiary/aromatic N) is 3. The van der Waals surface area contributed by atoms with Gasteiger partial charge in [-0.25, -0.2) is 4.79 Å². The molecule has 16 N–H and O–H groups in total. The Morgan fingerprint density at radius 1 is 0.800 bits per heavy atom. The smallest absolute Gasteiger partial charge is 0.326 e. The maximum absolute atomic E-state index is 14.1. The van der Waals surface area contributed by atoms with Crippen LogP contribution in [0.15, 0.2) is 40.3 Å². The predicted octanol–water partition coefficient (Wildman–Crippen LogP) is -3.54. The van der Waals surface area contributed by atoms with E-state index >= 15 is 0 Å². The summed E-state index contributed by atoms with van der Waals surface area (Å²) < 4.78 is 0. The Hall–Kier alpha value is -5.46. The molecule has 0 spiro atoms. The molecule has 5 atom stereocenters. The second-order valence-corrected chi connectivity index (χ2v) is 11.9. The number of amides is 5. The molecule has 0 radical (unpaired) electrons. The lowest BCUT2D eigenvalue weighted by Crippen LogP contribution is -2.58. The molecular formula is C31H50N12O7. The van der Waals surface area contributed by atoms with E-state index in [1.807, 2.05) is 0 Å². The van der Waals surface area contributed by atoms with Crippen LogP contribution in [0.25, 0.3) is 0 Å². The lowest BCUT2D eigenvalue weighted by Gasteiger charge is -2.30. The first kappa shape index (κ1) is 40.7. The molecule has 5 amide bonds. The van der Waals surface area contributed by atoms with Crippen molar-refractivity contribution < 1.29 is 33.9 Å². The van der Waals surface area contributed by atoms with Gasteiger partial charge in [0.2, 0.25) is 29.5 Å². The van der Waals surface area contributed by atoms with Crippen LogP contribution in [-0.2, 0) is 35.2 Å². The zero-order chi connectivity index (χ0) is 37.2. The summed E-state index contributed by atoms with van der Waals surface area (Å²) in [6, 6.07) is 3.15. The highest BCUT2D eigenvalue weighted by molar-refractivity contribution is 5.96. The van der Waals surface area contributed by atoms with Gasteiger partial charge in [-0.3, -0.25) is 34.0 Å². The molecule has 1 aromatic rings.